The highest BCUT2D eigenvalue weighted by atomic mass is 32.2. The van der Waals surface area contributed by atoms with Crippen LogP contribution in [0.5, 0.6) is 0 Å². The summed E-state index contributed by atoms with van der Waals surface area (Å²) < 4.78 is 27.0. The number of nitrogens with zero attached hydrogens (tertiary/aromatic N) is 4. The molecule has 0 saturated heterocycles. The molecule has 0 radical (unpaired) electrons. The van der Waals surface area contributed by atoms with Crippen LogP contribution in [-0.2, 0) is 16.6 Å². The Kier molecular flexibility index (Phi) is 4.19. The Balaban J connectivity index is 2.36. The molecule has 10 heteroatoms. The van der Waals surface area contributed by atoms with Gasteiger partial charge in [-0.15, -0.1) is 5.10 Å². The molecule has 0 fully saturated rings. The molecule has 0 saturated carbocycles. The fourth-order valence-electron chi connectivity index (χ4n) is 1.71. The maximum Gasteiger partial charge on any atom is 0.283 e. The molecular weight excluding hydrogens is 294 g/mol. The molecule has 0 aliphatic rings. The smallest absolute Gasteiger partial charge is 0.283 e. The lowest BCUT2D eigenvalue weighted by Gasteiger charge is -2.07. The molecule has 114 valence electrons. The molecule has 0 aliphatic heterocycles. The van der Waals surface area contributed by atoms with Gasteiger partial charge in [0.15, 0.2) is 0 Å². The number of hydrogen-bond donors (Lipinski definition) is 3. The second kappa shape index (κ2) is 5.74. The number of nitrogens with one attached hydrogen (secondary N) is 3. The highest BCUT2D eigenvalue weighted by Crippen LogP contribution is 2.18. The van der Waals surface area contributed by atoms with Crippen LogP contribution < -0.4 is 10.0 Å². The first-order valence-corrected chi connectivity index (χ1v) is 7.72. The molecule has 0 bridgehead atoms. The first-order chi connectivity index (χ1) is 9.85. The minimum atomic E-state index is -3.87. The molecule has 21 heavy (non-hydrogen) atoms. The highest BCUT2D eigenvalue weighted by Gasteiger charge is 2.24. The van der Waals surface area contributed by atoms with Crippen LogP contribution in [-0.4, -0.2) is 40.8 Å². The average Bonchev–Trinajstić information content (AvgIpc) is 2.77. The van der Waals surface area contributed by atoms with Gasteiger partial charge in [-0.1, -0.05) is 0 Å². The summed E-state index contributed by atoms with van der Waals surface area (Å²) in [6.45, 7) is 5.61. The van der Waals surface area contributed by atoms with Gasteiger partial charge < -0.3 is 5.32 Å². The van der Waals surface area contributed by atoms with Crippen molar-refractivity contribution in [2.24, 2.45) is 0 Å². The predicted octanol–water partition coefficient (Wildman–Crippen LogP) is 0.0402. The molecule has 9 nitrogen and oxygen atoms in total. The summed E-state index contributed by atoms with van der Waals surface area (Å²) in [6, 6.07) is 0. The number of rotatable bonds is 5. The summed E-state index contributed by atoms with van der Waals surface area (Å²) in [5.41, 5.74) is 2.51. The molecule has 3 N–H and O–H groups in total. The standard InChI is InChI=1S/C11H17N7O2S/c1-6-7(2)14-17-11(13-6)18-21(19,20)10-9(5-12-4)8(3)15-16-10/h12H,5H2,1-4H3,(H,15,16)(H,13,17,18). The Morgan fingerprint density at radius 1 is 1.14 bits per heavy atom. The Morgan fingerprint density at radius 2 is 1.86 bits per heavy atom. The second-order valence-corrected chi connectivity index (χ2v) is 6.17. The summed E-state index contributed by atoms with van der Waals surface area (Å²) in [5, 5.41) is 16.9. The predicted molar refractivity (Wildman–Crippen MR) is 76.2 cm³/mol. The van der Waals surface area contributed by atoms with Crippen molar-refractivity contribution in [1.82, 2.24) is 30.7 Å². The van der Waals surface area contributed by atoms with Gasteiger partial charge in [0.1, 0.15) is 0 Å². The first kappa shape index (κ1) is 15.3. The lowest BCUT2D eigenvalue weighted by molar-refractivity contribution is 0.594. The Hall–Kier alpha value is -2.07. The summed E-state index contributed by atoms with van der Waals surface area (Å²) in [4.78, 5) is 4.05. The van der Waals surface area contributed by atoms with Crippen molar-refractivity contribution in [1.29, 1.82) is 0 Å². The van der Waals surface area contributed by atoms with E-state index in [9.17, 15) is 8.42 Å². The van der Waals surface area contributed by atoms with Gasteiger partial charge in [0.25, 0.3) is 16.0 Å². The van der Waals surface area contributed by atoms with Crippen molar-refractivity contribution in [3.63, 3.8) is 0 Å². The van der Waals surface area contributed by atoms with Crippen molar-refractivity contribution in [3.05, 3.63) is 22.6 Å². The van der Waals surface area contributed by atoms with E-state index in [4.69, 9.17) is 0 Å². The molecule has 0 amide bonds. The van der Waals surface area contributed by atoms with E-state index in [1.807, 2.05) is 0 Å². The number of aromatic amines is 1. The van der Waals surface area contributed by atoms with E-state index in [1.165, 1.54) is 0 Å². The minimum absolute atomic E-state index is 0.0730. The maximum absolute atomic E-state index is 12.4. The fraction of sp³-hybridized carbons (Fsp3) is 0.455. The van der Waals surface area contributed by atoms with Crippen LogP contribution in [0.15, 0.2) is 5.03 Å². The quantitative estimate of drug-likeness (QED) is 0.711. The SMILES string of the molecule is CNCc1c(S(=O)(=O)Nc2nnc(C)c(C)n2)n[nH]c1C. The number of hydrogen-bond acceptors (Lipinski definition) is 7. The van der Waals surface area contributed by atoms with E-state index in [2.05, 4.69) is 35.4 Å². The summed E-state index contributed by atoms with van der Waals surface area (Å²) in [7, 11) is -2.14. The van der Waals surface area contributed by atoms with E-state index in [-0.39, 0.29) is 11.0 Å². The lowest BCUT2D eigenvalue weighted by Crippen LogP contribution is -2.19. The second-order valence-electron chi connectivity index (χ2n) is 4.57. The molecule has 2 aromatic heterocycles. The van der Waals surface area contributed by atoms with Gasteiger partial charge in [-0.2, -0.15) is 18.6 Å². The Labute approximate surface area is 122 Å². The van der Waals surface area contributed by atoms with Gasteiger partial charge in [0.05, 0.1) is 11.4 Å². The van der Waals surface area contributed by atoms with Gasteiger partial charge >= 0.3 is 0 Å². The topological polar surface area (TPSA) is 126 Å². The number of aryl methyl sites for hydroxylation is 3. The zero-order chi connectivity index (χ0) is 15.6. The zero-order valence-corrected chi connectivity index (χ0v) is 13.0. The van der Waals surface area contributed by atoms with Crippen LogP contribution in [0, 0.1) is 20.8 Å². The van der Waals surface area contributed by atoms with E-state index >= 15 is 0 Å². The highest BCUT2D eigenvalue weighted by molar-refractivity contribution is 7.92. The van der Waals surface area contributed by atoms with Crippen molar-refractivity contribution in [3.8, 4) is 0 Å². The maximum atomic E-state index is 12.4. The van der Waals surface area contributed by atoms with Crippen LogP contribution in [0.3, 0.4) is 0 Å². The molecular formula is C11H17N7O2S. The van der Waals surface area contributed by atoms with Crippen LogP contribution in [0.2, 0.25) is 0 Å². The van der Waals surface area contributed by atoms with Gasteiger partial charge in [0.2, 0.25) is 5.03 Å². The third kappa shape index (κ3) is 3.16. The van der Waals surface area contributed by atoms with Gasteiger partial charge in [-0.3, -0.25) is 5.10 Å². The van der Waals surface area contributed by atoms with Crippen molar-refractivity contribution < 1.29 is 8.42 Å². The zero-order valence-electron chi connectivity index (χ0n) is 12.2. The summed E-state index contributed by atoms with van der Waals surface area (Å²) in [5.74, 6) is -0.0749. The van der Waals surface area contributed by atoms with Gasteiger partial charge in [-0.05, 0) is 27.8 Å². The first-order valence-electron chi connectivity index (χ1n) is 6.24. The fourth-order valence-corrected chi connectivity index (χ4v) is 2.84. The van der Waals surface area contributed by atoms with Crippen molar-refractivity contribution in [2.45, 2.75) is 32.3 Å². The third-order valence-corrected chi connectivity index (χ3v) is 4.26. The minimum Gasteiger partial charge on any atom is -0.316 e. The number of anilines is 1. The van der Waals surface area contributed by atoms with E-state index in [0.29, 0.717) is 29.2 Å². The lowest BCUT2D eigenvalue weighted by atomic mass is 10.3. The van der Waals surface area contributed by atoms with Crippen LogP contribution in [0.4, 0.5) is 5.95 Å². The van der Waals surface area contributed by atoms with E-state index in [1.54, 1.807) is 27.8 Å². The average molecular weight is 311 g/mol. The molecule has 2 rings (SSSR count). The summed E-state index contributed by atoms with van der Waals surface area (Å²) >= 11 is 0. The molecule has 0 spiro atoms. The third-order valence-electron chi connectivity index (χ3n) is 2.96. The van der Waals surface area contributed by atoms with Crippen LogP contribution in [0.25, 0.3) is 0 Å². The molecule has 0 atom stereocenters. The monoisotopic (exact) mass is 311 g/mol. The molecule has 2 aromatic rings. The largest absolute Gasteiger partial charge is 0.316 e. The number of sulfonamides is 1. The molecule has 0 aliphatic carbocycles. The number of H-pyrrole nitrogens is 1. The van der Waals surface area contributed by atoms with Gasteiger partial charge in [-0.25, -0.2) is 9.71 Å². The van der Waals surface area contributed by atoms with Crippen LogP contribution >= 0.6 is 0 Å². The van der Waals surface area contributed by atoms with Crippen molar-refractivity contribution in [2.75, 3.05) is 11.8 Å². The Bertz CT molecular complexity index is 754. The normalized spacial score (nSPS) is 11.6. The van der Waals surface area contributed by atoms with E-state index in [0.717, 1.165) is 0 Å². The molecule has 2 heterocycles. The van der Waals surface area contributed by atoms with Gasteiger partial charge in [0, 0.05) is 17.8 Å². The Morgan fingerprint density at radius 3 is 2.48 bits per heavy atom. The molecule has 0 aromatic carbocycles. The number of aromatic nitrogens is 5. The summed E-state index contributed by atoms with van der Waals surface area (Å²) in [6.07, 6.45) is 0. The van der Waals surface area contributed by atoms with Crippen LogP contribution in [0.1, 0.15) is 22.6 Å². The van der Waals surface area contributed by atoms with E-state index < -0.39 is 10.0 Å². The van der Waals surface area contributed by atoms with Crippen molar-refractivity contribution >= 4 is 16.0 Å². The molecule has 0 unspecified atom stereocenters.